The van der Waals surface area contributed by atoms with E-state index in [1.165, 1.54) is 5.56 Å². The van der Waals surface area contributed by atoms with Crippen LogP contribution in [-0.2, 0) is 16.0 Å². The first-order valence-electron chi connectivity index (χ1n) is 11.5. The van der Waals surface area contributed by atoms with Crippen molar-refractivity contribution < 1.29 is 19.1 Å². The van der Waals surface area contributed by atoms with Crippen LogP contribution in [0.2, 0.25) is 0 Å². The van der Waals surface area contributed by atoms with Crippen molar-refractivity contribution in [1.29, 1.82) is 0 Å². The van der Waals surface area contributed by atoms with Gasteiger partial charge in [-0.1, -0.05) is 30.3 Å². The van der Waals surface area contributed by atoms with Gasteiger partial charge in [0.2, 0.25) is 0 Å². The zero-order chi connectivity index (χ0) is 23.4. The number of urea groups is 1. The van der Waals surface area contributed by atoms with E-state index < -0.39 is 12.0 Å². The minimum Gasteiger partial charge on any atom is -0.491 e. The van der Waals surface area contributed by atoms with E-state index in [1.54, 1.807) is 6.92 Å². The average molecular weight is 450 g/mol. The van der Waals surface area contributed by atoms with Crippen molar-refractivity contribution in [2.45, 2.75) is 45.8 Å². The molecule has 2 aromatic rings. The number of para-hydroxylation sites is 1. The van der Waals surface area contributed by atoms with E-state index in [2.05, 4.69) is 27.7 Å². The average Bonchev–Trinajstić information content (AvgIpc) is 2.79. The van der Waals surface area contributed by atoms with Gasteiger partial charge in [0.15, 0.2) is 0 Å². The number of aryl methyl sites for hydroxylation is 1. The number of anilines is 1. The smallest absolute Gasteiger partial charge is 0.338 e. The van der Waals surface area contributed by atoms with Crippen molar-refractivity contribution in [2.24, 2.45) is 0 Å². The lowest BCUT2D eigenvalue weighted by Crippen LogP contribution is -2.49. The topological polar surface area (TPSA) is 79.9 Å². The Hall–Kier alpha value is -3.48. The minimum absolute atomic E-state index is 0.0587. The molecule has 2 aliphatic rings. The third-order valence-corrected chi connectivity index (χ3v) is 5.79. The van der Waals surface area contributed by atoms with Crippen LogP contribution in [0.5, 0.6) is 5.75 Å². The molecule has 0 fully saturated rings. The van der Waals surface area contributed by atoms with Crippen molar-refractivity contribution in [2.75, 3.05) is 24.6 Å². The highest BCUT2D eigenvalue weighted by atomic mass is 16.5. The number of amides is 2. The lowest BCUT2D eigenvalue weighted by atomic mass is 9.94. The number of hydrogen-bond acceptors (Lipinski definition) is 5. The van der Waals surface area contributed by atoms with Gasteiger partial charge in [-0.3, -0.25) is 0 Å². The molecule has 2 N–H and O–H groups in total. The lowest BCUT2D eigenvalue weighted by Gasteiger charge is -2.35. The molecule has 0 saturated heterocycles. The van der Waals surface area contributed by atoms with Gasteiger partial charge < -0.3 is 25.0 Å². The molecule has 0 aromatic heterocycles. The van der Waals surface area contributed by atoms with Crippen LogP contribution >= 0.6 is 0 Å². The number of carbonyl (C=O) groups excluding carboxylic acids is 2. The second-order valence-corrected chi connectivity index (χ2v) is 8.53. The van der Waals surface area contributed by atoms with Crippen LogP contribution in [0.1, 0.15) is 44.4 Å². The van der Waals surface area contributed by atoms with Gasteiger partial charge in [0.25, 0.3) is 0 Å². The van der Waals surface area contributed by atoms with Crippen molar-refractivity contribution >= 4 is 17.7 Å². The Labute approximate surface area is 194 Å². The molecule has 174 valence electrons. The molecule has 0 spiro atoms. The van der Waals surface area contributed by atoms with E-state index >= 15 is 0 Å². The van der Waals surface area contributed by atoms with E-state index in [1.807, 2.05) is 50.2 Å². The molecule has 2 heterocycles. The SMILES string of the molecule is CCOC(=O)C1=C(CN2CCCc3ccccc32)NC(=O)NC1c1ccc(OC(C)C)cc1. The largest absolute Gasteiger partial charge is 0.491 e. The van der Waals surface area contributed by atoms with Crippen LogP contribution in [0, 0.1) is 0 Å². The van der Waals surface area contributed by atoms with Gasteiger partial charge in [0, 0.05) is 12.2 Å². The Bertz CT molecular complexity index is 1050. The Morgan fingerprint density at radius 3 is 2.64 bits per heavy atom. The van der Waals surface area contributed by atoms with E-state index in [9.17, 15) is 9.59 Å². The molecule has 0 aliphatic carbocycles. The van der Waals surface area contributed by atoms with Crippen molar-refractivity contribution in [1.82, 2.24) is 10.6 Å². The van der Waals surface area contributed by atoms with Crippen LogP contribution in [0.15, 0.2) is 59.8 Å². The zero-order valence-corrected chi connectivity index (χ0v) is 19.4. The molecule has 0 radical (unpaired) electrons. The molecule has 1 atom stereocenters. The van der Waals surface area contributed by atoms with Crippen molar-refractivity contribution in [3.8, 4) is 5.75 Å². The fraction of sp³-hybridized carbons (Fsp3) is 0.385. The number of fused-ring (bicyclic) bond motifs is 1. The van der Waals surface area contributed by atoms with Gasteiger partial charge in [-0.2, -0.15) is 0 Å². The number of ether oxygens (including phenoxy) is 2. The maximum Gasteiger partial charge on any atom is 0.338 e. The maximum atomic E-state index is 13.1. The van der Waals surface area contributed by atoms with Crippen LogP contribution in [0.4, 0.5) is 10.5 Å². The van der Waals surface area contributed by atoms with Gasteiger partial charge in [-0.25, -0.2) is 9.59 Å². The third kappa shape index (κ3) is 5.13. The second kappa shape index (κ2) is 9.98. The first-order chi connectivity index (χ1) is 16.0. The molecule has 2 aliphatic heterocycles. The third-order valence-electron chi connectivity index (χ3n) is 5.79. The second-order valence-electron chi connectivity index (χ2n) is 8.53. The number of carbonyl (C=O) groups is 2. The van der Waals surface area contributed by atoms with E-state index in [0.29, 0.717) is 17.8 Å². The number of esters is 1. The van der Waals surface area contributed by atoms with E-state index in [-0.39, 0.29) is 18.7 Å². The number of nitrogens with one attached hydrogen (secondary N) is 2. The first kappa shape index (κ1) is 22.7. The van der Waals surface area contributed by atoms with Gasteiger partial charge in [-0.15, -0.1) is 0 Å². The van der Waals surface area contributed by atoms with Gasteiger partial charge in [0.05, 0.1) is 36.6 Å². The Balaban J connectivity index is 1.70. The summed E-state index contributed by atoms with van der Waals surface area (Å²) >= 11 is 0. The quantitative estimate of drug-likeness (QED) is 0.622. The van der Waals surface area contributed by atoms with E-state index in [4.69, 9.17) is 9.47 Å². The predicted molar refractivity (Wildman–Crippen MR) is 127 cm³/mol. The number of rotatable bonds is 7. The molecule has 7 heteroatoms. The van der Waals surface area contributed by atoms with Gasteiger partial charge in [0.1, 0.15) is 5.75 Å². The summed E-state index contributed by atoms with van der Waals surface area (Å²) < 4.78 is 11.1. The molecule has 33 heavy (non-hydrogen) atoms. The number of benzene rings is 2. The summed E-state index contributed by atoms with van der Waals surface area (Å²) in [6.07, 6.45) is 2.10. The summed E-state index contributed by atoms with van der Waals surface area (Å²) in [6.45, 7) is 7.24. The van der Waals surface area contributed by atoms with Crippen molar-refractivity contribution in [3.63, 3.8) is 0 Å². The van der Waals surface area contributed by atoms with Gasteiger partial charge in [-0.05, 0) is 62.9 Å². The monoisotopic (exact) mass is 449 g/mol. The summed E-state index contributed by atoms with van der Waals surface area (Å²) in [6, 6.07) is 14.8. The highest BCUT2D eigenvalue weighted by Gasteiger charge is 2.34. The van der Waals surface area contributed by atoms with Crippen LogP contribution in [0.25, 0.3) is 0 Å². The minimum atomic E-state index is -0.610. The molecule has 7 nitrogen and oxygen atoms in total. The zero-order valence-electron chi connectivity index (χ0n) is 19.4. The molecule has 0 saturated carbocycles. The van der Waals surface area contributed by atoms with Crippen molar-refractivity contribution in [3.05, 3.63) is 70.9 Å². The molecular weight excluding hydrogens is 418 g/mol. The highest BCUT2D eigenvalue weighted by Crippen LogP contribution is 2.32. The lowest BCUT2D eigenvalue weighted by molar-refractivity contribution is -0.139. The Kier molecular flexibility index (Phi) is 6.87. The number of nitrogens with zero attached hydrogens (tertiary/aromatic N) is 1. The molecule has 1 unspecified atom stereocenters. The predicted octanol–water partition coefficient (Wildman–Crippen LogP) is 4.10. The van der Waals surface area contributed by atoms with Gasteiger partial charge >= 0.3 is 12.0 Å². The fourth-order valence-electron chi connectivity index (χ4n) is 4.42. The van der Waals surface area contributed by atoms with Crippen LogP contribution < -0.4 is 20.3 Å². The summed E-state index contributed by atoms with van der Waals surface area (Å²) in [7, 11) is 0. The normalized spacial score (nSPS) is 17.9. The Morgan fingerprint density at radius 1 is 1.15 bits per heavy atom. The van der Waals surface area contributed by atoms with Crippen LogP contribution in [-0.4, -0.2) is 37.8 Å². The molecule has 2 aromatic carbocycles. The fourth-order valence-corrected chi connectivity index (χ4v) is 4.42. The number of hydrogen-bond donors (Lipinski definition) is 2. The maximum absolute atomic E-state index is 13.1. The van der Waals surface area contributed by atoms with E-state index in [0.717, 1.165) is 36.4 Å². The molecular formula is C26H31N3O4. The highest BCUT2D eigenvalue weighted by molar-refractivity contribution is 5.95. The Morgan fingerprint density at radius 2 is 1.91 bits per heavy atom. The summed E-state index contributed by atoms with van der Waals surface area (Å²) in [4.78, 5) is 27.9. The summed E-state index contributed by atoms with van der Waals surface area (Å²) in [5.41, 5.74) is 4.21. The standard InChI is InChI=1S/C26H31N3O4/c1-4-32-25(30)23-21(16-29-15-7-9-18-8-5-6-10-22(18)29)27-26(31)28-24(23)19-11-13-20(14-12-19)33-17(2)3/h5-6,8,10-14,17,24H,4,7,9,15-16H2,1-3H3,(H2,27,28,31). The molecule has 0 bridgehead atoms. The first-order valence-corrected chi connectivity index (χ1v) is 11.5. The molecule has 2 amide bonds. The van der Waals surface area contributed by atoms with Crippen LogP contribution in [0.3, 0.4) is 0 Å². The molecule has 4 rings (SSSR count). The summed E-state index contributed by atoms with van der Waals surface area (Å²) in [5.74, 6) is 0.304. The summed E-state index contributed by atoms with van der Waals surface area (Å²) in [5, 5.41) is 5.78.